The highest BCUT2D eigenvalue weighted by molar-refractivity contribution is 5.35. The van der Waals surface area contributed by atoms with Gasteiger partial charge in [0.15, 0.2) is 11.6 Å². The summed E-state index contributed by atoms with van der Waals surface area (Å²) in [5.74, 6) is -0.626. The van der Waals surface area contributed by atoms with Gasteiger partial charge in [0.1, 0.15) is 0 Å². The van der Waals surface area contributed by atoms with E-state index < -0.39 is 11.6 Å². The first-order valence-corrected chi connectivity index (χ1v) is 5.88. The fourth-order valence-electron chi connectivity index (χ4n) is 3.37. The fourth-order valence-corrected chi connectivity index (χ4v) is 3.37. The van der Waals surface area contributed by atoms with E-state index in [1.54, 1.807) is 6.07 Å². The Morgan fingerprint density at radius 2 is 1.69 bits per heavy atom. The van der Waals surface area contributed by atoms with E-state index in [4.69, 9.17) is 5.73 Å². The van der Waals surface area contributed by atoms with Crippen LogP contribution in [-0.4, -0.2) is 0 Å². The predicted octanol–water partition coefficient (Wildman–Crippen LogP) is 2.94. The topological polar surface area (TPSA) is 26.0 Å². The van der Waals surface area contributed by atoms with Gasteiger partial charge in [0.2, 0.25) is 0 Å². The number of rotatable bonds is 1. The van der Waals surface area contributed by atoms with Crippen molar-refractivity contribution in [1.82, 2.24) is 0 Å². The molecule has 1 nitrogen and oxygen atoms in total. The lowest BCUT2D eigenvalue weighted by atomic mass is 10.0. The summed E-state index contributed by atoms with van der Waals surface area (Å²) < 4.78 is 26.0. The average Bonchev–Trinajstić information content (AvgIpc) is 2.91. The van der Waals surface area contributed by atoms with Gasteiger partial charge < -0.3 is 5.73 Å². The Kier molecular flexibility index (Phi) is 2.08. The molecule has 0 amide bonds. The van der Waals surface area contributed by atoms with Crippen molar-refractivity contribution in [3.05, 3.63) is 35.4 Å². The summed E-state index contributed by atoms with van der Waals surface area (Å²) in [7, 11) is 0. The van der Waals surface area contributed by atoms with Gasteiger partial charge in [-0.05, 0) is 42.4 Å². The van der Waals surface area contributed by atoms with Crippen LogP contribution in [0.25, 0.3) is 0 Å². The van der Waals surface area contributed by atoms with E-state index in [1.165, 1.54) is 25.0 Å². The Hall–Kier alpha value is -0.960. The van der Waals surface area contributed by atoms with E-state index >= 15 is 0 Å². The van der Waals surface area contributed by atoms with Gasteiger partial charge in [0.05, 0.1) is 0 Å². The molecule has 0 heterocycles. The van der Waals surface area contributed by atoms with E-state index in [0.29, 0.717) is 11.8 Å². The molecule has 3 heteroatoms. The van der Waals surface area contributed by atoms with Crippen molar-refractivity contribution in [2.75, 3.05) is 0 Å². The molecule has 16 heavy (non-hydrogen) atoms. The number of benzene rings is 1. The highest BCUT2D eigenvalue weighted by atomic mass is 19.2. The zero-order chi connectivity index (χ0) is 11.3. The van der Waals surface area contributed by atoms with Crippen molar-refractivity contribution in [3.8, 4) is 0 Å². The molecular weight excluding hydrogens is 208 g/mol. The van der Waals surface area contributed by atoms with Crippen LogP contribution in [0.4, 0.5) is 8.78 Å². The van der Waals surface area contributed by atoms with Gasteiger partial charge in [0.25, 0.3) is 0 Å². The second-order valence-corrected chi connectivity index (χ2v) is 5.06. The summed E-state index contributed by atoms with van der Waals surface area (Å²) in [6.07, 6.45) is 4.67. The quantitative estimate of drug-likeness (QED) is 0.778. The minimum absolute atomic E-state index is 0.384. The van der Waals surface area contributed by atoms with Gasteiger partial charge in [-0.1, -0.05) is 18.9 Å². The SMILES string of the molecule is NC1(c2ccc(F)c(F)c2)C2CCCCC21. The standard InChI is InChI=1S/C13H15F2N/c14-11-6-5-8(7-12(11)15)13(16)9-3-1-2-4-10(9)13/h5-7,9-10H,1-4,16H2. The molecule has 1 aromatic rings. The normalized spacial score (nSPS) is 36.9. The van der Waals surface area contributed by atoms with Crippen LogP contribution < -0.4 is 5.73 Å². The van der Waals surface area contributed by atoms with Gasteiger partial charge in [-0.2, -0.15) is 0 Å². The summed E-state index contributed by atoms with van der Waals surface area (Å²) >= 11 is 0. The van der Waals surface area contributed by atoms with E-state index in [0.717, 1.165) is 18.4 Å². The van der Waals surface area contributed by atoms with Crippen molar-refractivity contribution < 1.29 is 8.78 Å². The Morgan fingerprint density at radius 1 is 1.06 bits per heavy atom. The van der Waals surface area contributed by atoms with Crippen molar-refractivity contribution in [2.24, 2.45) is 17.6 Å². The van der Waals surface area contributed by atoms with Gasteiger partial charge in [-0.15, -0.1) is 0 Å². The number of halogens is 2. The molecule has 2 fully saturated rings. The molecule has 3 rings (SSSR count). The Balaban J connectivity index is 1.95. The maximum Gasteiger partial charge on any atom is 0.159 e. The summed E-state index contributed by atoms with van der Waals surface area (Å²) in [6.45, 7) is 0. The van der Waals surface area contributed by atoms with Crippen molar-refractivity contribution >= 4 is 0 Å². The highest BCUT2D eigenvalue weighted by Crippen LogP contribution is 2.62. The third kappa shape index (κ3) is 1.24. The molecule has 86 valence electrons. The first kappa shape index (κ1) is 10.2. The molecule has 0 bridgehead atoms. The lowest BCUT2D eigenvalue weighted by molar-refractivity contribution is 0.480. The number of nitrogens with two attached hydrogens (primary N) is 1. The van der Waals surface area contributed by atoms with Crippen LogP contribution in [-0.2, 0) is 5.54 Å². The average molecular weight is 223 g/mol. The number of hydrogen-bond acceptors (Lipinski definition) is 1. The molecule has 2 unspecified atom stereocenters. The van der Waals surface area contributed by atoms with Crippen LogP contribution in [0.2, 0.25) is 0 Å². The summed E-state index contributed by atoms with van der Waals surface area (Å²) in [6, 6.07) is 4.09. The third-order valence-electron chi connectivity index (χ3n) is 4.30. The van der Waals surface area contributed by atoms with E-state index in [2.05, 4.69) is 0 Å². The first-order chi connectivity index (χ1) is 7.64. The summed E-state index contributed by atoms with van der Waals surface area (Å²) in [5, 5.41) is 0. The van der Waals surface area contributed by atoms with Crippen LogP contribution in [0, 0.1) is 23.5 Å². The molecule has 0 aliphatic heterocycles. The highest BCUT2D eigenvalue weighted by Gasteiger charge is 2.62. The third-order valence-corrected chi connectivity index (χ3v) is 4.30. The molecule has 0 radical (unpaired) electrons. The zero-order valence-corrected chi connectivity index (χ0v) is 9.05. The molecule has 0 saturated heterocycles. The fraction of sp³-hybridized carbons (Fsp3) is 0.538. The molecule has 2 aliphatic rings. The molecule has 2 atom stereocenters. The lowest BCUT2D eigenvalue weighted by Crippen LogP contribution is -2.24. The molecule has 2 N–H and O–H groups in total. The van der Waals surface area contributed by atoms with Crippen molar-refractivity contribution in [1.29, 1.82) is 0 Å². The van der Waals surface area contributed by atoms with Gasteiger partial charge in [0, 0.05) is 5.54 Å². The molecule has 2 saturated carbocycles. The monoisotopic (exact) mass is 223 g/mol. The Labute approximate surface area is 93.6 Å². The van der Waals surface area contributed by atoms with Gasteiger partial charge in [-0.25, -0.2) is 8.78 Å². The van der Waals surface area contributed by atoms with E-state index in [9.17, 15) is 8.78 Å². The molecule has 0 spiro atoms. The van der Waals surface area contributed by atoms with Gasteiger partial charge >= 0.3 is 0 Å². The van der Waals surface area contributed by atoms with Crippen LogP contribution >= 0.6 is 0 Å². The predicted molar refractivity (Wildman–Crippen MR) is 57.7 cm³/mol. The number of hydrogen-bond donors (Lipinski definition) is 1. The Bertz CT molecular complexity index is 418. The van der Waals surface area contributed by atoms with Crippen LogP contribution in [0.3, 0.4) is 0 Å². The molecule has 2 aliphatic carbocycles. The van der Waals surface area contributed by atoms with E-state index in [1.807, 2.05) is 0 Å². The number of fused-ring (bicyclic) bond motifs is 1. The minimum Gasteiger partial charge on any atom is -0.321 e. The van der Waals surface area contributed by atoms with Gasteiger partial charge in [-0.3, -0.25) is 0 Å². The summed E-state index contributed by atoms with van der Waals surface area (Å²) in [4.78, 5) is 0. The second kappa shape index (κ2) is 3.27. The zero-order valence-electron chi connectivity index (χ0n) is 9.05. The van der Waals surface area contributed by atoms with E-state index in [-0.39, 0.29) is 5.54 Å². The largest absolute Gasteiger partial charge is 0.321 e. The maximum atomic E-state index is 13.2. The minimum atomic E-state index is -0.795. The lowest BCUT2D eigenvalue weighted by Gasteiger charge is -2.12. The molecule has 1 aromatic carbocycles. The van der Waals surface area contributed by atoms with Crippen LogP contribution in [0.5, 0.6) is 0 Å². The Morgan fingerprint density at radius 3 is 2.25 bits per heavy atom. The maximum absolute atomic E-state index is 13.2. The molecule has 0 aromatic heterocycles. The summed E-state index contributed by atoms with van der Waals surface area (Å²) in [5.41, 5.74) is 6.73. The van der Waals surface area contributed by atoms with Crippen molar-refractivity contribution in [3.63, 3.8) is 0 Å². The van der Waals surface area contributed by atoms with Crippen LogP contribution in [0.1, 0.15) is 31.2 Å². The molecular formula is C13H15F2N. The smallest absolute Gasteiger partial charge is 0.159 e. The van der Waals surface area contributed by atoms with Crippen molar-refractivity contribution in [2.45, 2.75) is 31.2 Å². The first-order valence-electron chi connectivity index (χ1n) is 5.88. The second-order valence-electron chi connectivity index (χ2n) is 5.06. The van der Waals surface area contributed by atoms with Crippen LogP contribution in [0.15, 0.2) is 18.2 Å².